The average Bonchev–Trinajstić information content (AvgIpc) is 2.69. The third-order valence-corrected chi connectivity index (χ3v) is 4.18. The monoisotopic (exact) mass is 411 g/mol. The van der Waals surface area contributed by atoms with E-state index in [1.165, 1.54) is 6.08 Å². The fourth-order valence-electron chi connectivity index (χ4n) is 2.69. The van der Waals surface area contributed by atoms with Gasteiger partial charge >= 0.3 is 12.1 Å². The Morgan fingerprint density at radius 1 is 1.07 bits per heavy atom. The van der Waals surface area contributed by atoms with Gasteiger partial charge in [-0.3, -0.25) is 0 Å². The first-order valence-corrected chi connectivity index (χ1v) is 9.81. The van der Waals surface area contributed by atoms with E-state index in [2.05, 4.69) is 0 Å². The first kappa shape index (κ1) is 23.0. The number of benzene rings is 2. The number of hydrogen-bond acceptors (Lipinski definition) is 4. The Bertz CT molecular complexity index is 853. The maximum absolute atomic E-state index is 12.2. The summed E-state index contributed by atoms with van der Waals surface area (Å²) in [6.07, 6.45) is 2.58. The molecule has 0 heterocycles. The molecule has 0 spiro atoms. The largest absolute Gasteiger partial charge is 0.486 e. The lowest BCUT2D eigenvalue weighted by atomic mass is 10.1. The Morgan fingerprint density at radius 3 is 2.27 bits per heavy atom. The van der Waals surface area contributed by atoms with Crippen molar-refractivity contribution < 1.29 is 24.2 Å². The molecular weight excluding hydrogens is 382 g/mol. The zero-order chi connectivity index (χ0) is 22.1. The normalized spacial score (nSPS) is 12.4. The van der Waals surface area contributed by atoms with Crippen LogP contribution in [0.4, 0.5) is 4.79 Å². The molecule has 2 aromatic rings. The highest BCUT2D eigenvalue weighted by atomic mass is 16.6. The number of nitrogens with zero attached hydrogens (tertiary/aromatic N) is 1. The first-order chi connectivity index (χ1) is 14.1. The lowest BCUT2D eigenvalue weighted by molar-refractivity contribution is -0.131. The summed E-state index contributed by atoms with van der Waals surface area (Å²) in [5.41, 5.74) is 1.23. The number of ether oxygens (including phenoxy) is 2. The second-order valence-corrected chi connectivity index (χ2v) is 7.95. The predicted molar refractivity (Wildman–Crippen MR) is 116 cm³/mol. The minimum Gasteiger partial charge on any atom is -0.486 e. The van der Waals surface area contributed by atoms with Crippen molar-refractivity contribution in [2.75, 3.05) is 13.6 Å². The summed E-state index contributed by atoms with van der Waals surface area (Å²) in [6.45, 7) is 5.98. The second-order valence-electron chi connectivity index (χ2n) is 7.95. The van der Waals surface area contributed by atoms with E-state index in [0.29, 0.717) is 18.7 Å². The maximum atomic E-state index is 12.2. The van der Waals surface area contributed by atoms with Crippen LogP contribution in [0.3, 0.4) is 0 Å². The van der Waals surface area contributed by atoms with Crippen LogP contribution in [-0.2, 0) is 9.53 Å². The molecule has 0 aromatic heterocycles. The van der Waals surface area contributed by atoms with Crippen molar-refractivity contribution in [3.8, 4) is 5.75 Å². The topological polar surface area (TPSA) is 76.1 Å². The van der Waals surface area contributed by atoms with E-state index in [-0.39, 0.29) is 12.2 Å². The number of carbonyl (C=O) groups is 2. The number of rotatable bonds is 8. The van der Waals surface area contributed by atoms with Crippen LogP contribution >= 0.6 is 0 Å². The predicted octanol–water partition coefficient (Wildman–Crippen LogP) is 5.16. The van der Waals surface area contributed by atoms with E-state index < -0.39 is 11.6 Å². The summed E-state index contributed by atoms with van der Waals surface area (Å²) in [5, 5.41) is 8.73. The van der Waals surface area contributed by atoms with E-state index in [0.717, 1.165) is 17.2 Å². The van der Waals surface area contributed by atoms with Crippen LogP contribution in [0.25, 0.3) is 6.08 Å². The third kappa shape index (κ3) is 7.99. The summed E-state index contributed by atoms with van der Waals surface area (Å²) in [5.74, 6) is -0.329. The Labute approximate surface area is 177 Å². The van der Waals surface area contributed by atoms with Crippen molar-refractivity contribution in [2.45, 2.75) is 38.9 Å². The van der Waals surface area contributed by atoms with Gasteiger partial charge in [-0.05, 0) is 50.1 Å². The van der Waals surface area contributed by atoms with Crippen molar-refractivity contribution in [2.24, 2.45) is 0 Å². The molecule has 1 atom stereocenters. The summed E-state index contributed by atoms with van der Waals surface area (Å²) < 4.78 is 11.6. The van der Waals surface area contributed by atoms with Crippen molar-refractivity contribution in [1.82, 2.24) is 4.90 Å². The quantitative estimate of drug-likeness (QED) is 0.607. The van der Waals surface area contributed by atoms with Gasteiger partial charge in [0, 0.05) is 26.1 Å². The van der Waals surface area contributed by atoms with Gasteiger partial charge in [-0.2, -0.15) is 0 Å². The van der Waals surface area contributed by atoms with E-state index >= 15 is 0 Å². The molecule has 2 rings (SSSR count). The number of carboxylic acid groups (broad SMARTS) is 1. The highest BCUT2D eigenvalue weighted by Gasteiger charge is 2.21. The van der Waals surface area contributed by atoms with Gasteiger partial charge in [0.25, 0.3) is 0 Å². The molecular formula is C24H29NO5. The molecule has 1 amide bonds. The van der Waals surface area contributed by atoms with E-state index in [9.17, 15) is 9.59 Å². The Kier molecular flexibility index (Phi) is 8.04. The molecule has 0 aliphatic carbocycles. The molecule has 2 aromatic carbocycles. The molecule has 1 N–H and O–H groups in total. The van der Waals surface area contributed by atoms with Crippen LogP contribution in [0.1, 0.15) is 44.4 Å². The molecule has 1 unspecified atom stereocenters. The van der Waals surface area contributed by atoms with Crippen LogP contribution in [0.15, 0.2) is 60.7 Å². The summed E-state index contributed by atoms with van der Waals surface area (Å²) in [6, 6.07) is 17.0. The van der Waals surface area contributed by atoms with Crippen molar-refractivity contribution >= 4 is 18.1 Å². The van der Waals surface area contributed by atoms with Crippen LogP contribution < -0.4 is 4.74 Å². The smallest absolute Gasteiger partial charge is 0.410 e. The highest BCUT2D eigenvalue weighted by molar-refractivity contribution is 5.85. The molecule has 0 fully saturated rings. The highest BCUT2D eigenvalue weighted by Crippen LogP contribution is 2.26. The average molecular weight is 411 g/mol. The molecule has 0 aliphatic rings. The lowest BCUT2D eigenvalue weighted by Gasteiger charge is -2.26. The molecule has 0 aliphatic heterocycles. The van der Waals surface area contributed by atoms with Crippen molar-refractivity contribution in [3.63, 3.8) is 0 Å². The molecule has 30 heavy (non-hydrogen) atoms. The van der Waals surface area contributed by atoms with Crippen LogP contribution in [0.2, 0.25) is 0 Å². The van der Waals surface area contributed by atoms with E-state index in [1.54, 1.807) is 36.2 Å². The summed E-state index contributed by atoms with van der Waals surface area (Å²) in [7, 11) is 1.71. The molecule has 0 saturated heterocycles. The number of hydrogen-bond donors (Lipinski definition) is 1. The molecule has 160 valence electrons. The first-order valence-electron chi connectivity index (χ1n) is 9.81. The molecule has 0 saturated carbocycles. The van der Waals surface area contributed by atoms with Crippen LogP contribution in [0.5, 0.6) is 5.75 Å². The van der Waals surface area contributed by atoms with Crippen LogP contribution in [-0.4, -0.2) is 41.3 Å². The summed E-state index contributed by atoms with van der Waals surface area (Å²) in [4.78, 5) is 24.4. The minimum absolute atomic E-state index is 0.253. The molecule has 6 nitrogen and oxygen atoms in total. The minimum atomic E-state index is -0.992. The Morgan fingerprint density at radius 2 is 1.70 bits per heavy atom. The van der Waals surface area contributed by atoms with Gasteiger partial charge < -0.3 is 19.5 Å². The van der Waals surface area contributed by atoms with Gasteiger partial charge in [-0.15, -0.1) is 0 Å². The number of aliphatic carboxylic acids is 1. The van der Waals surface area contributed by atoms with Gasteiger partial charge in [-0.25, -0.2) is 9.59 Å². The van der Waals surface area contributed by atoms with Gasteiger partial charge in [0.2, 0.25) is 0 Å². The molecule has 0 bridgehead atoms. The number of carbonyl (C=O) groups excluding carboxylic acids is 1. The Hall–Kier alpha value is -3.28. The summed E-state index contributed by atoms with van der Waals surface area (Å²) >= 11 is 0. The van der Waals surface area contributed by atoms with Gasteiger partial charge in [0.1, 0.15) is 17.5 Å². The standard InChI is InChI=1S/C24H29NO5/c1-24(2,3)30-23(28)25(4)17-16-21(19-8-6-5-7-9-19)29-20-13-10-18(11-14-20)12-15-22(26)27/h5-15,21H,16-17H2,1-4H3,(H,26,27)/b15-12+. The van der Waals surface area contributed by atoms with E-state index in [4.69, 9.17) is 14.6 Å². The van der Waals surface area contributed by atoms with Crippen molar-refractivity contribution in [1.29, 1.82) is 0 Å². The third-order valence-electron chi connectivity index (χ3n) is 4.18. The van der Waals surface area contributed by atoms with Crippen molar-refractivity contribution in [3.05, 3.63) is 71.8 Å². The zero-order valence-electron chi connectivity index (χ0n) is 17.9. The zero-order valence-corrected chi connectivity index (χ0v) is 17.9. The van der Waals surface area contributed by atoms with Gasteiger partial charge in [0.05, 0.1) is 0 Å². The fraction of sp³-hybridized carbons (Fsp3) is 0.333. The molecule has 6 heteroatoms. The van der Waals surface area contributed by atoms with Gasteiger partial charge in [0.15, 0.2) is 0 Å². The van der Waals surface area contributed by atoms with E-state index in [1.807, 2.05) is 51.1 Å². The lowest BCUT2D eigenvalue weighted by Crippen LogP contribution is -2.35. The maximum Gasteiger partial charge on any atom is 0.410 e. The molecule has 0 radical (unpaired) electrons. The SMILES string of the molecule is CN(CCC(Oc1ccc(/C=C/C(=O)O)cc1)c1ccccc1)C(=O)OC(C)(C)C. The second kappa shape index (κ2) is 10.5. The fourth-order valence-corrected chi connectivity index (χ4v) is 2.69. The number of carboxylic acids is 1. The Balaban J connectivity index is 2.07. The van der Waals surface area contributed by atoms with Crippen LogP contribution in [0, 0.1) is 0 Å². The number of amides is 1. The van der Waals surface area contributed by atoms with Gasteiger partial charge in [-0.1, -0.05) is 42.5 Å².